The first-order valence-corrected chi connectivity index (χ1v) is 6.42. The van der Waals surface area contributed by atoms with E-state index in [0.717, 1.165) is 17.7 Å². The number of benzene rings is 1. The molecule has 5 nitrogen and oxygen atoms in total. The van der Waals surface area contributed by atoms with Crippen LogP contribution < -0.4 is 5.32 Å². The number of nitrogens with one attached hydrogen (secondary N) is 1. The summed E-state index contributed by atoms with van der Waals surface area (Å²) < 4.78 is 0. The van der Waals surface area contributed by atoms with E-state index in [4.69, 9.17) is 5.11 Å². The zero-order valence-electron chi connectivity index (χ0n) is 10.9. The number of piperidine rings is 1. The molecule has 0 radical (unpaired) electrons. The summed E-state index contributed by atoms with van der Waals surface area (Å²) in [5.74, 6) is -1.27. The molecule has 1 unspecified atom stereocenters. The highest BCUT2D eigenvalue weighted by Crippen LogP contribution is 2.19. The molecule has 2 rings (SSSR count). The molecule has 0 aliphatic carbocycles. The van der Waals surface area contributed by atoms with Gasteiger partial charge in [-0.15, -0.1) is 0 Å². The second kappa shape index (κ2) is 5.73. The lowest BCUT2D eigenvalue weighted by Gasteiger charge is -2.30. The second-order valence-corrected chi connectivity index (χ2v) is 4.87. The molecule has 1 heterocycles. The Hall–Kier alpha value is -2.04. The maximum absolute atomic E-state index is 12.1. The average Bonchev–Trinajstić information content (AvgIpc) is 2.41. The standard InChI is InChI=1S/C14H18N2O3/c1-10-5-2-3-7-12(10)15-14(19)16-8-4-6-11(9-16)13(17)18/h2-3,5,7,11H,4,6,8-9H2,1H3,(H,15,19)(H,17,18). The van der Waals surface area contributed by atoms with Crippen LogP contribution in [0.25, 0.3) is 0 Å². The molecule has 1 aromatic carbocycles. The summed E-state index contributed by atoms with van der Waals surface area (Å²) in [6, 6.07) is 7.31. The first-order chi connectivity index (χ1) is 9.08. The van der Waals surface area contributed by atoms with Gasteiger partial charge in [-0.25, -0.2) is 4.79 Å². The van der Waals surface area contributed by atoms with Gasteiger partial charge in [0, 0.05) is 18.8 Å². The Morgan fingerprint density at radius 3 is 2.79 bits per heavy atom. The third-order valence-corrected chi connectivity index (χ3v) is 3.44. The number of aryl methyl sites for hydroxylation is 1. The quantitative estimate of drug-likeness (QED) is 0.859. The molecule has 102 valence electrons. The molecule has 2 N–H and O–H groups in total. The van der Waals surface area contributed by atoms with Gasteiger partial charge in [-0.05, 0) is 31.4 Å². The molecule has 1 saturated heterocycles. The van der Waals surface area contributed by atoms with Crippen molar-refractivity contribution in [3.63, 3.8) is 0 Å². The van der Waals surface area contributed by atoms with Gasteiger partial charge in [-0.3, -0.25) is 4.79 Å². The van der Waals surface area contributed by atoms with Crippen LogP contribution in [0.1, 0.15) is 18.4 Å². The number of likely N-dealkylation sites (tertiary alicyclic amines) is 1. The van der Waals surface area contributed by atoms with E-state index >= 15 is 0 Å². The van der Waals surface area contributed by atoms with Gasteiger partial charge in [0.05, 0.1) is 5.92 Å². The highest BCUT2D eigenvalue weighted by molar-refractivity contribution is 5.90. The van der Waals surface area contributed by atoms with Crippen molar-refractivity contribution < 1.29 is 14.7 Å². The molecule has 0 bridgehead atoms. The van der Waals surface area contributed by atoms with Crippen LogP contribution in [0.5, 0.6) is 0 Å². The number of aliphatic carboxylic acids is 1. The lowest BCUT2D eigenvalue weighted by Crippen LogP contribution is -2.44. The smallest absolute Gasteiger partial charge is 0.321 e. The van der Waals surface area contributed by atoms with Crippen molar-refractivity contribution >= 4 is 17.7 Å². The van der Waals surface area contributed by atoms with Gasteiger partial charge in [0.1, 0.15) is 0 Å². The van der Waals surface area contributed by atoms with Crippen molar-refractivity contribution in [3.8, 4) is 0 Å². The fraction of sp³-hybridized carbons (Fsp3) is 0.429. The van der Waals surface area contributed by atoms with Crippen LogP contribution in [0.2, 0.25) is 0 Å². The molecule has 0 aromatic heterocycles. The molecule has 1 aromatic rings. The number of carbonyl (C=O) groups is 2. The summed E-state index contributed by atoms with van der Waals surface area (Å²) in [4.78, 5) is 24.7. The van der Waals surface area contributed by atoms with E-state index in [9.17, 15) is 9.59 Å². The Morgan fingerprint density at radius 1 is 1.37 bits per heavy atom. The number of anilines is 1. The number of carboxylic acid groups (broad SMARTS) is 1. The van der Waals surface area contributed by atoms with Gasteiger partial charge < -0.3 is 15.3 Å². The third-order valence-electron chi connectivity index (χ3n) is 3.44. The SMILES string of the molecule is Cc1ccccc1NC(=O)N1CCCC(C(=O)O)C1. The lowest BCUT2D eigenvalue weighted by atomic mass is 9.99. The lowest BCUT2D eigenvalue weighted by molar-refractivity contribution is -0.143. The molecule has 2 amide bonds. The number of rotatable bonds is 2. The van der Waals surface area contributed by atoms with Crippen molar-refractivity contribution in [2.24, 2.45) is 5.92 Å². The minimum absolute atomic E-state index is 0.222. The monoisotopic (exact) mass is 262 g/mol. The number of carboxylic acids is 1. The van der Waals surface area contributed by atoms with E-state index in [1.807, 2.05) is 31.2 Å². The highest BCUT2D eigenvalue weighted by Gasteiger charge is 2.28. The molecular weight excluding hydrogens is 244 g/mol. The van der Waals surface area contributed by atoms with E-state index in [0.29, 0.717) is 13.0 Å². The van der Waals surface area contributed by atoms with Crippen molar-refractivity contribution in [3.05, 3.63) is 29.8 Å². The molecule has 1 aliphatic heterocycles. The first kappa shape index (κ1) is 13.4. The zero-order chi connectivity index (χ0) is 13.8. The minimum Gasteiger partial charge on any atom is -0.481 e. The molecule has 1 aliphatic rings. The Balaban J connectivity index is 2.00. The number of para-hydroxylation sites is 1. The number of urea groups is 1. The molecular formula is C14H18N2O3. The van der Waals surface area contributed by atoms with Crippen molar-refractivity contribution in [2.75, 3.05) is 18.4 Å². The van der Waals surface area contributed by atoms with Gasteiger partial charge >= 0.3 is 12.0 Å². The Kier molecular flexibility index (Phi) is 4.04. The molecule has 0 spiro atoms. The summed E-state index contributed by atoms with van der Waals surface area (Å²) in [5.41, 5.74) is 1.76. The average molecular weight is 262 g/mol. The Morgan fingerprint density at radius 2 is 2.11 bits per heavy atom. The van der Waals surface area contributed by atoms with Gasteiger partial charge in [0.2, 0.25) is 0 Å². The summed E-state index contributed by atoms with van der Waals surface area (Å²) in [6.45, 7) is 2.82. The normalized spacial score (nSPS) is 19.0. The molecule has 1 atom stereocenters. The van der Waals surface area contributed by atoms with Gasteiger partial charge in [0.15, 0.2) is 0 Å². The Labute approximate surface area is 112 Å². The molecule has 0 saturated carbocycles. The van der Waals surface area contributed by atoms with Crippen LogP contribution in [0.4, 0.5) is 10.5 Å². The van der Waals surface area contributed by atoms with Gasteiger partial charge in [-0.1, -0.05) is 18.2 Å². The highest BCUT2D eigenvalue weighted by atomic mass is 16.4. The third kappa shape index (κ3) is 3.24. The fourth-order valence-corrected chi connectivity index (χ4v) is 2.27. The fourth-order valence-electron chi connectivity index (χ4n) is 2.27. The Bertz CT molecular complexity index is 487. The van der Waals surface area contributed by atoms with Crippen molar-refractivity contribution in [2.45, 2.75) is 19.8 Å². The topological polar surface area (TPSA) is 69.6 Å². The minimum atomic E-state index is -0.826. The number of hydrogen-bond donors (Lipinski definition) is 2. The maximum atomic E-state index is 12.1. The zero-order valence-corrected chi connectivity index (χ0v) is 10.9. The van der Waals surface area contributed by atoms with Crippen LogP contribution in [-0.4, -0.2) is 35.1 Å². The van der Waals surface area contributed by atoms with E-state index < -0.39 is 11.9 Å². The first-order valence-electron chi connectivity index (χ1n) is 6.42. The maximum Gasteiger partial charge on any atom is 0.321 e. The number of nitrogens with zero attached hydrogens (tertiary/aromatic N) is 1. The number of hydrogen-bond acceptors (Lipinski definition) is 2. The summed E-state index contributed by atoms with van der Waals surface area (Å²) in [6.07, 6.45) is 1.38. The number of amides is 2. The van der Waals surface area contributed by atoms with Crippen molar-refractivity contribution in [1.29, 1.82) is 0 Å². The summed E-state index contributed by atoms with van der Waals surface area (Å²) in [7, 11) is 0. The molecule has 1 fully saturated rings. The molecule has 19 heavy (non-hydrogen) atoms. The van der Waals surface area contributed by atoms with Crippen molar-refractivity contribution in [1.82, 2.24) is 4.90 Å². The predicted octanol–water partition coefficient (Wildman–Crippen LogP) is 2.32. The largest absolute Gasteiger partial charge is 0.481 e. The van der Waals surface area contributed by atoms with Crippen LogP contribution in [-0.2, 0) is 4.79 Å². The summed E-state index contributed by atoms with van der Waals surface area (Å²) in [5, 5.41) is 11.8. The van der Waals surface area contributed by atoms with Crippen LogP contribution >= 0.6 is 0 Å². The van der Waals surface area contributed by atoms with Gasteiger partial charge in [-0.2, -0.15) is 0 Å². The second-order valence-electron chi connectivity index (χ2n) is 4.87. The molecule has 5 heteroatoms. The van der Waals surface area contributed by atoms with Crippen LogP contribution in [0, 0.1) is 12.8 Å². The van der Waals surface area contributed by atoms with Crippen LogP contribution in [0.15, 0.2) is 24.3 Å². The van der Waals surface area contributed by atoms with E-state index in [-0.39, 0.29) is 12.6 Å². The summed E-state index contributed by atoms with van der Waals surface area (Å²) >= 11 is 0. The predicted molar refractivity (Wildman–Crippen MR) is 72.1 cm³/mol. The van der Waals surface area contributed by atoms with Crippen LogP contribution in [0.3, 0.4) is 0 Å². The van der Waals surface area contributed by atoms with E-state index in [2.05, 4.69) is 5.32 Å². The van der Waals surface area contributed by atoms with E-state index in [1.165, 1.54) is 0 Å². The van der Waals surface area contributed by atoms with E-state index in [1.54, 1.807) is 4.90 Å². The number of carbonyl (C=O) groups excluding carboxylic acids is 1. The van der Waals surface area contributed by atoms with Gasteiger partial charge in [0.25, 0.3) is 0 Å².